The lowest BCUT2D eigenvalue weighted by Crippen LogP contribution is -2.46. The Morgan fingerprint density at radius 2 is 1.72 bits per heavy atom. The number of rotatable bonds is 6. The highest BCUT2D eigenvalue weighted by Gasteiger charge is 2.29. The Bertz CT molecular complexity index is 680. The first-order valence-electron chi connectivity index (χ1n) is 8.59. The van der Waals surface area contributed by atoms with Crippen LogP contribution in [0.15, 0.2) is 24.3 Å². The Morgan fingerprint density at radius 1 is 1.20 bits per heavy atom. The van der Waals surface area contributed by atoms with Crippen LogP contribution in [0.4, 0.5) is 0 Å². The third kappa shape index (κ3) is 5.50. The van der Waals surface area contributed by atoms with Crippen LogP contribution in [0, 0.1) is 5.92 Å². The first-order chi connectivity index (χ1) is 11.7. The van der Waals surface area contributed by atoms with E-state index in [0.717, 1.165) is 5.56 Å². The first-order valence-corrected chi connectivity index (χ1v) is 10.1. The second-order valence-electron chi connectivity index (χ2n) is 6.89. The standard InChI is InChI=1S/C17H28N4O3S/c1-12(2)13-3-5-14(6-4-13)16(18)11-20-17(22)15-7-9-21(10-8-15)25(19,23)24/h3-6,12,15-16H,7-11,18H2,1-2H3,(H,20,22)(H2,19,23,24). The molecular weight excluding hydrogens is 340 g/mol. The fourth-order valence-electron chi connectivity index (χ4n) is 2.97. The summed E-state index contributed by atoms with van der Waals surface area (Å²) < 4.78 is 23.8. The maximum absolute atomic E-state index is 12.3. The molecule has 1 fully saturated rings. The van der Waals surface area contributed by atoms with Gasteiger partial charge in [-0.2, -0.15) is 12.7 Å². The number of benzene rings is 1. The van der Waals surface area contributed by atoms with Gasteiger partial charge in [0.25, 0.3) is 10.2 Å². The van der Waals surface area contributed by atoms with E-state index in [-0.39, 0.29) is 31.0 Å². The Kier molecular flexibility index (Phi) is 6.56. The molecule has 0 aliphatic carbocycles. The maximum Gasteiger partial charge on any atom is 0.276 e. The van der Waals surface area contributed by atoms with Crippen molar-refractivity contribution in [2.75, 3.05) is 19.6 Å². The Morgan fingerprint density at radius 3 is 2.20 bits per heavy atom. The molecule has 1 unspecified atom stereocenters. The molecular formula is C17H28N4O3S. The van der Waals surface area contributed by atoms with Crippen molar-refractivity contribution in [2.45, 2.75) is 38.6 Å². The minimum absolute atomic E-state index is 0.0803. The molecule has 1 aliphatic heterocycles. The fraction of sp³-hybridized carbons (Fsp3) is 0.588. The highest BCUT2D eigenvalue weighted by atomic mass is 32.2. The number of nitrogens with one attached hydrogen (secondary N) is 1. The SMILES string of the molecule is CC(C)c1ccc(C(N)CNC(=O)C2CCN(S(N)(=O)=O)CC2)cc1. The van der Waals surface area contributed by atoms with Gasteiger partial charge in [0, 0.05) is 31.6 Å². The van der Waals surface area contributed by atoms with E-state index in [4.69, 9.17) is 10.9 Å². The number of carbonyl (C=O) groups is 1. The van der Waals surface area contributed by atoms with Crippen molar-refractivity contribution in [1.82, 2.24) is 9.62 Å². The molecule has 1 atom stereocenters. The van der Waals surface area contributed by atoms with Gasteiger partial charge in [-0.1, -0.05) is 38.1 Å². The summed E-state index contributed by atoms with van der Waals surface area (Å²) in [6.45, 7) is 5.18. The first kappa shape index (κ1) is 19.8. The van der Waals surface area contributed by atoms with E-state index in [1.807, 2.05) is 12.1 Å². The summed E-state index contributed by atoms with van der Waals surface area (Å²) >= 11 is 0. The molecule has 1 amide bonds. The Balaban J connectivity index is 1.81. The summed E-state index contributed by atoms with van der Waals surface area (Å²) in [6.07, 6.45) is 0.946. The molecule has 1 aliphatic rings. The smallest absolute Gasteiger partial charge is 0.276 e. The van der Waals surface area contributed by atoms with Gasteiger partial charge in [0.05, 0.1) is 0 Å². The summed E-state index contributed by atoms with van der Waals surface area (Å²) in [4.78, 5) is 12.3. The molecule has 140 valence electrons. The number of nitrogens with zero attached hydrogens (tertiary/aromatic N) is 1. The number of hydrogen-bond donors (Lipinski definition) is 3. The molecule has 25 heavy (non-hydrogen) atoms. The Hall–Kier alpha value is -1.48. The normalized spacial score (nSPS) is 18.3. The zero-order valence-corrected chi connectivity index (χ0v) is 15.6. The molecule has 0 spiro atoms. The summed E-state index contributed by atoms with van der Waals surface area (Å²) in [7, 11) is -3.66. The molecule has 2 rings (SSSR count). The number of hydrogen-bond acceptors (Lipinski definition) is 4. The third-order valence-electron chi connectivity index (χ3n) is 4.71. The van der Waals surface area contributed by atoms with Gasteiger partial charge in [0.2, 0.25) is 5.91 Å². The predicted octanol–water partition coefficient (Wildman–Crippen LogP) is 0.842. The quantitative estimate of drug-likeness (QED) is 0.689. The molecule has 1 aromatic rings. The van der Waals surface area contributed by atoms with E-state index in [2.05, 4.69) is 31.3 Å². The summed E-state index contributed by atoms with van der Waals surface area (Å²) in [6, 6.07) is 7.85. The predicted molar refractivity (Wildman–Crippen MR) is 97.9 cm³/mol. The van der Waals surface area contributed by atoms with Crippen molar-refractivity contribution in [3.63, 3.8) is 0 Å². The van der Waals surface area contributed by atoms with Crippen LogP contribution in [0.2, 0.25) is 0 Å². The van der Waals surface area contributed by atoms with Crippen molar-refractivity contribution >= 4 is 16.1 Å². The molecule has 5 N–H and O–H groups in total. The van der Waals surface area contributed by atoms with Gasteiger partial charge in [-0.25, -0.2) is 5.14 Å². The van der Waals surface area contributed by atoms with Crippen LogP contribution in [0.3, 0.4) is 0 Å². The molecule has 1 aromatic carbocycles. The lowest BCUT2D eigenvalue weighted by molar-refractivity contribution is -0.126. The topological polar surface area (TPSA) is 119 Å². The minimum Gasteiger partial charge on any atom is -0.354 e. The molecule has 0 aromatic heterocycles. The average Bonchev–Trinajstić information content (AvgIpc) is 2.58. The fourth-order valence-corrected chi connectivity index (χ4v) is 3.69. The highest BCUT2D eigenvalue weighted by Crippen LogP contribution is 2.20. The minimum atomic E-state index is -3.66. The zero-order chi connectivity index (χ0) is 18.6. The largest absolute Gasteiger partial charge is 0.354 e. The average molecular weight is 369 g/mol. The summed E-state index contributed by atoms with van der Waals surface area (Å²) in [5.74, 6) is 0.185. The van der Waals surface area contributed by atoms with E-state index >= 15 is 0 Å². The lowest BCUT2D eigenvalue weighted by Gasteiger charge is -2.29. The maximum atomic E-state index is 12.3. The second kappa shape index (κ2) is 8.27. The van der Waals surface area contributed by atoms with Crippen LogP contribution in [0.25, 0.3) is 0 Å². The van der Waals surface area contributed by atoms with Gasteiger partial charge < -0.3 is 11.1 Å². The molecule has 0 radical (unpaired) electrons. The van der Waals surface area contributed by atoms with E-state index in [1.165, 1.54) is 9.87 Å². The lowest BCUT2D eigenvalue weighted by atomic mass is 9.96. The number of piperidine rings is 1. The Labute approximate surface area is 149 Å². The van der Waals surface area contributed by atoms with Crippen molar-refractivity contribution in [3.05, 3.63) is 35.4 Å². The summed E-state index contributed by atoms with van der Waals surface area (Å²) in [5, 5.41) is 7.98. The van der Waals surface area contributed by atoms with Gasteiger partial charge in [0.15, 0.2) is 0 Å². The van der Waals surface area contributed by atoms with Crippen molar-refractivity contribution in [1.29, 1.82) is 0 Å². The molecule has 1 heterocycles. The summed E-state index contributed by atoms with van der Waals surface area (Å²) in [5.41, 5.74) is 8.39. The number of carbonyl (C=O) groups excluding carboxylic acids is 1. The van der Waals surface area contributed by atoms with Crippen LogP contribution in [0.5, 0.6) is 0 Å². The highest BCUT2D eigenvalue weighted by molar-refractivity contribution is 7.86. The van der Waals surface area contributed by atoms with Gasteiger partial charge in [0.1, 0.15) is 0 Å². The van der Waals surface area contributed by atoms with E-state index in [1.54, 1.807) is 0 Å². The third-order valence-corrected chi connectivity index (χ3v) is 5.80. The van der Waals surface area contributed by atoms with E-state index in [0.29, 0.717) is 25.3 Å². The zero-order valence-electron chi connectivity index (χ0n) is 14.8. The van der Waals surface area contributed by atoms with Crippen LogP contribution in [0.1, 0.15) is 49.8 Å². The second-order valence-corrected chi connectivity index (χ2v) is 8.44. The van der Waals surface area contributed by atoms with Gasteiger partial charge in [-0.05, 0) is 29.9 Å². The van der Waals surface area contributed by atoms with Crippen molar-refractivity contribution in [2.24, 2.45) is 16.8 Å². The van der Waals surface area contributed by atoms with E-state index in [9.17, 15) is 13.2 Å². The molecule has 8 heteroatoms. The van der Waals surface area contributed by atoms with Crippen LogP contribution >= 0.6 is 0 Å². The van der Waals surface area contributed by atoms with Crippen LogP contribution < -0.4 is 16.2 Å². The molecule has 1 saturated heterocycles. The molecule has 7 nitrogen and oxygen atoms in total. The monoisotopic (exact) mass is 368 g/mol. The van der Waals surface area contributed by atoms with Crippen molar-refractivity contribution in [3.8, 4) is 0 Å². The molecule has 0 saturated carbocycles. The van der Waals surface area contributed by atoms with Gasteiger partial charge >= 0.3 is 0 Å². The van der Waals surface area contributed by atoms with Gasteiger partial charge in [-0.3, -0.25) is 4.79 Å². The molecule has 0 bridgehead atoms. The number of amides is 1. The van der Waals surface area contributed by atoms with Crippen LogP contribution in [-0.2, 0) is 15.0 Å². The van der Waals surface area contributed by atoms with Crippen molar-refractivity contribution < 1.29 is 13.2 Å². The number of nitrogens with two attached hydrogens (primary N) is 2. The van der Waals surface area contributed by atoms with E-state index < -0.39 is 10.2 Å². The van der Waals surface area contributed by atoms with Crippen LogP contribution in [-0.4, -0.2) is 38.3 Å². The van der Waals surface area contributed by atoms with Gasteiger partial charge in [-0.15, -0.1) is 0 Å².